The first-order chi connectivity index (χ1) is 9.60. The molecule has 0 aliphatic heterocycles. The Bertz CT molecular complexity index is 607. The number of rotatable bonds is 5. The number of hydrogen-bond donors (Lipinski definition) is 2. The van der Waals surface area contributed by atoms with Gasteiger partial charge < -0.3 is 10.6 Å². The van der Waals surface area contributed by atoms with Crippen molar-refractivity contribution in [3.8, 4) is 0 Å². The average Bonchev–Trinajstić information content (AvgIpc) is 2.43. The molecule has 0 saturated carbocycles. The quantitative estimate of drug-likeness (QED) is 0.877. The lowest BCUT2D eigenvalue weighted by atomic mass is 10.3. The molecular weight excluding hydrogens is 286 g/mol. The van der Waals surface area contributed by atoms with Gasteiger partial charge in [-0.3, -0.25) is 0 Å². The van der Waals surface area contributed by atoms with Crippen molar-refractivity contribution in [1.82, 2.24) is 9.97 Å². The van der Waals surface area contributed by atoms with Gasteiger partial charge in [-0.2, -0.15) is 4.98 Å². The lowest BCUT2D eigenvalue weighted by molar-refractivity contribution is 0.603. The topological polar surface area (TPSA) is 49.8 Å². The van der Waals surface area contributed by atoms with Crippen LogP contribution in [0.5, 0.6) is 0 Å². The minimum absolute atomic E-state index is 0.0351. The molecule has 0 spiro atoms. The van der Waals surface area contributed by atoms with Crippen LogP contribution in [0.4, 0.5) is 26.2 Å². The van der Waals surface area contributed by atoms with Gasteiger partial charge in [-0.25, -0.2) is 13.8 Å². The van der Waals surface area contributed by atoms with E-state index in [9.17, 15) is 8.78 Å². The Kier molecular flexibility index (Phi) is 4.68. The van der Waals surface area contributed by atoms with Crippen LogP contribution in [-0.4, -0.2) is 16.5 Å². The fraction of sp³-hybridized carbons (Fsp3) is 0.231. The van der Waals surface area contributed by atoms with Gasteiger partial charge in [0.05, 0.1) is 11.9 Å². The average molecular weight is 299 g/mol. The molecule has 7 heteroatoms. The lowest BCUT2D eigenvalue weighted by Crippen LogP contribution is -2.06. The van der Waals surface area contributed by atoms with E-state index in [-0.39, 0.29) is 16.5 Å². The summed E-state index contributed by atoms with van der Waals surface area (Å²) in [5.74, 6) is -0.562. The van der Waals surface area contributed by atoms with Gasteiger partial charge in [-0.05, 0) is 18.6 Å². The molecule has 0 aliphatic rings. The number of halogens is 3. The van der Waals surface area contributed by atoms with Crippen LogP contribution in [0, 0.1) is 11.6 Å². The summed E-state index contributed by atoms with van der Waals surface area (Å²) in [5, 5.41) is 5.86. The summed E-state index contributed by atoms with van der Waals surface area (Å²) < 4.78 is 26.7. The Balaban J connectivity index is 2.25. The zero-order valence-electron chi connectivity index (χ0n) is 10.8. The molecule has 0 radical (unpaired) electrons. The Morgan fingerprint density at radius 3 is 2.85 bits per heavy atom. The molecule has 4 nitrogen and oxygen atoms in total. The highest BCUT2D eigenvalue weighted by molar-refractivity contribution is 6.32. The smallest absolute Gasteiger partial charge is 0.224 e. The Labute approximate surface area is 120 Å². The highest BCUT2D eigenvalue weighted by atomic mass is 35.5. The molecule has 1 heterocycles. The second-order valence-corrected chi connectivity index (χ2v) is 4.47. The molecule has 2 rings (SSSR count). The van der Waals surface area contributed by atoms with Gasteiger partial charge in [0.2, 0.25) is 5.95 Å². The summed E-state index contributed by atoms with van der Waals surface area (Å²) >= 11 is 5.94. The first-order valence-electron chi connectivity index (χ1n) is 6.08. The van der Waals surface area contributed by atoms with E-state index >= 15 is 0 Å². The Morgan fingerprint density at radius 2 is 2.10 bits per heavy atom. The van der Waals surface area contributed by atoms with Gasteiger partial charge in [-0.15, -0.1) is 0 Å². The molecule has 2 aromatic rings. The van der Waals surface area contributed by atoms with Crippen molar-refractivity contribution in [2.75, 3.05) is 17.2 Å². The second-order valence-electron chi connectivity index (χ2n) is 4.07. The standard InChI is InChI=1S/C13H13ClF2N4/c1-2-5-17-13-18-7-9(14)12(20-13)19-11-6-8(15)3-4-10(11)16/h3-4,6-7H,2,5H2,1H3,(H2,17,18,19,20). The molecule has 1 aromatic heterocycles. The normalized spacial score (nSPS) is 10.4. The maximum Gasteiger partial charge on any atom is 0.224 e. The minimum atomic E-state index is -0.593. The summed E-state index contributed by atoms with van der Waals surface area (Å²) in [4.78, 5) is 8.12. The fourth-order valence-corrected chi connectivity index (χ4v) is 1.64. The fourth-order valence-electron chi connectivity index (χ4n) is 1.50. The van der Waals surface area contributed by atoms with Crippen LogP contribution in [0.1, 0.15) is 13.3 Å². The molecule has 0 bridgehead atoms. The highest BCUT2D eigenvalue weighted by Gasteiger charge is 2.09. The Morgan fingerprint density at radius 1 is 1.30 bits per heavy atom. The maximum atomic E-state index is 13.6. The summed E-state index contributed by atoms with van der Waals surface area (Å²) in [7, 11) is 0. The first-order valence-corrected chi connectivity index (χ1v) is 6.46. The van der Waals surface area contributed by atoms with Crippen molar-refractivity contribution >= 4 is 29.1 Å². The van der Waals surface area contributed by atoms with Crippen molar-refractivity contribution < 1.29 is 8.78 Å². The number of hydrogen-bond acceptors (Lipinski definition) is 4. The molecule has 0 atom stereocenters. The summed E-state index contributed by atoms with van der Waals surface area (Å²) in [6.07, 6.45) is 2.30. The molecule has 0 aliphatic carbocycles. The first kappa shape index (κ1) is 14.5. The highest BCUT2D eigenvalue weighted by Crippen LogP contribution is 2.25. The molecule has 0 unspecified atom stereocenters. The molecule has 20 heavy (non-hydrogen) atoms. The van der Waals surface area contributed by atoms with Crippen LogP contribution in [-0.2, 0) is 0 Å². The van der Waals surface area contributed by atoms with E-state index in [2.05, 4.69) is 20.6 Å². The van der Waals surface area contributed by atoms with Crippen molar-refractivity contribution in [3.63, 3.8) is 0 Å². The third-order valence-electron chi connectivity index (χ3n) is 2.46. The van der Waals surface area contributed by atoms with Gasteiger partial charge in [0.1, 0.15) is 16.7 Å². The molecule has 0 amide bonds. The van der Waals surface area contributed by atoms with E-state index in [1.165, 1.54) is 6.20 Å². The van der Waals surface area contributed by atoms with E-state index < -0.39 is 11.6 Å². The lowest BCUT2D eigenvalue weighted by Gasteiger charge is -2.10. The van der Waals surface area contributed by atoms with Crippen molar-refractivity contribution in [3.05, 3.63) is 41.1 Å². The van der Waals surface area contributed by atoms with Crippen LogP contribution < -0.4 is 10.6 Å². The maximum absolute atomic E-state index is 13.6. The number of aromatic nitrogens is 2. The molecule has 2 N–H and O–H groups in total. The monoisotopic (exact) mass is 298 g/mol. The van der Waals surface area contributed by atoms with Crippen LogP contribution in [0.3, 0.4) is 0 Å². The summed E-state index contributed by atoms with van der Waals surface area (Å²) in [6.45, 7) is 2.71. The van der Waals surface area contributed by atoms with E-state index in [4.69, 9.17) is 11.6 Å². The molecule has 0 fully saturated rings. The van der Waals surface area contributed by atoms with Crippen LogP contribution >= 0.6 is 11.6 Å². The van der Waals surface area contributed by atoms with Crippen molar-refractivity contribution in [1.29, 1.82) is 0 Å². The molecule has 0 saturated heterocycles. The predicted molar refractivity (Wildman–Crippen MR) is 75.5 cm³/mol. The third-order valence-corrected chi connectivity index (χ3v) is 2.74. The number of anilines is 3. The largest absolute Gasteiger partial charge is 0.354 e. The van der Waals surface area contributed by atoms with E-state index in [0.717, 1.165) is 24.6 Å². The van der Waals surface area contributed by atoms with Gasteiger partial charge in [0.15, 0.2) is 5.82 Å². The van der Waals surface area contributed by atoms with E-state index in [1.807, 2.05) is 6.92 Å². The predicted octanol–water partition coefficient (Wildman–Crippen LogP) is 3.97. The van der Waals surface area contributed by atoms with Crippen molar-refractivity contribution in [2.45, 2.75) is 13.3 Å². The van der Waals surface area contributed by atoms with E-state index in [0.29, 0.717) is 12.5 Å². The summed E-state index contributed by atoms with van der Waals surface area (Å²) in [6, 6.07) is 3.10. The minimum Gasteiger partial charge on any atom is -0.354 e. The molecule has 106 valence electrons. The van der Waals surface area contributed by atoms with Crippen LogP contribution in [0.25, 0.3) is 0 Å². The zero-order valence-corrected chi connectivity index (χ0v) is 11.5. The number of nitrogens with zero attached hydrogens (tertiary/aromatic N) is 2. The van der Waals surface area contributed by atoms with Crippen LogP contribution in [0.2, 0.25) is 5.02 Å². The van der Waals surface area contributed by atoms with Gasteiger partial charge in [0, 0.05) is 12.6 Å². The Hall–Kier alpha value is -1.95. The third kappa shape index (κ3) is 3.54. The molecule has 1 aromatic carbocycles. The van der Waals surface area contributed by atoms with E-state index in [1.54, 1.807) is 0 Å². The summed E-state index contributed by atoms with van der Waals surface area (Å²) in [5.41, 5.74) is -0.0351. The van der Waals surface area contributed by atoms with Gasteiger partial charge in [0.25, 0.3) is 0 Å². The van der Waals surface area contributed by atoms with Gasteiger partial charge in [-0.1, -0.05) is 18.5 Å². The molecular formula is C13H13ClF2N4. The van der Waals surface area contributed by atoms with Gasteiger partial charge >= 0.3 is 0 Å². The SMILES string of the molecule is CCCNc1ncc(Cl)c(Nc2cc(F)ccc2F)n1. The number of nitrogens with one attached hydrogen (secondary N) is 2. The second kappa shape index (κ2) is 6.47. The van der Waals surface area contributed by atoms with Crippen LogP contribution in [0.15, 0.2) is 24.4 Å². The number of benzene rings is 1. The zero-order chi connectivity index (χ0) is 14.5. The van der Waals surface area contributed by atoms with Crippen molar-refractivity contribution in [2.24, 2.45) is 0 Å².